The fraction of sp³-hybridized carbons (Fsp3) is 0.471. The van der Waals surface area contributed by atoms with E-state index in [-0.39, 0.29) is 6.10 Å². The zero-order valence-electron chi connectivity index (χ0n) is 13.1. The summed E-state index contributed by atoms with van der Waals surface area (Å²) in [6.45, 7) is 6.90. The number of rotatable bonds is 4. The van der Waals surface area contributed by atoms with Gasteiger partial charge in [0, 0.05) is 29.6 Å². The van der Waals surface area contributed by atoms with Gasteiger partial charge < -0.3 is 14.4 Å². The molecule has 22 heavy (non-hydrogen) atoms. The molecule has 5 heteroatoms. The second kappa shape index (κ2) is 5.61. The highest BCUT2D eigenvalue weighted by Crippen LogP contribution is 2.44. The largest absolute Gasteiger partial charge is 0.489 e. The molecule has 1 aromatic carbocycles. The van der Waals surface area contributed by atoms with Crippen molar-refractivity contribution in [3.63, 3.8) is 0 Å². The minimum Gasteiger partial charge on any atom is -0.489 e. The van der Waals surface area contributed by atoms with E-state index in [0.29, 0.717) is 5.56 Å². The van der Waals surface area contributed by atoms with Crippen molar-refractivity contribution in [1.29, 1.82) is 0 Å². The molecular weight excluding hydrogens is 346 g/mol. The van der Waals surface area contributed by atoms with Crippen LogP contribution in [0.15, 0.2) is 10.5 Å². The average molecular weight is 366 g/mol. The first-order chi connectivity index (χ1) is 10.5. The van der Waals surface area contributed by atoms with E-state index in [2.05, 4.69) is 27.4 Å². The van der Waals surface area contributed by atoms with Gasteiger partial charge >= 0.3 is 5.97 Å². The number of halogens is 1. The first kappa shape index (κ1) is 15.4. The molecule has 0 fully saturated rings. The Balaban J connectivity index is 2.35. The van der Waals surface area contributed by atoms with Gasteiger partial charge in [-0.3, -0.25) is 0 Å². The van der Waals surface area contributed by atoms with Crippen LogP contribution in [0.3, 0.4) is 0 Å². The van der Waals surface area contributed by atoms with Gasteiger partial charge in [-0.1, -0.05) is 13.3 Å². The number of carboxylic acid groups (broad SMARTS) is 1. The van der Waals surface area contributed by atoms with Crippen molar-refractivity contribution in [3.8, 4) is 5.75 Å². The standard InChI is InChI=1S/C17H20BrNO3/c1-4-5-6-19-10(3)14(17(20)21)15-11-7-9(2)22-16(11)12(18)8-13(15)19/h8-9H,4-7H2,1-3H3,(H,20,21). The van der Waals surface area contributed by atoms with E-state index < -0.39 is 5.97 Å². The normalized spacial score (nSPS) is 16.8. The van der Waals surface area contributed by atoms with E-state index in [9.17, 15) is 9.90 Å². The molecule has 0 amide bonds. The predicted octanol–water partition coefficient (Wildman–Crippen LogP) is 4.53. The first-order valence-electron chi connectivity index (χ1n) is 7.69. The van der Waals surface area contributed by atoms with E-state index in [4.69, 9.17) is 4.74 Å². The summed E-state index contributed by atoms with van der Waals surface area (Å²) in [5.74, 6) is -0.0584. The Labute approximate surface area is 138 Å². The summed E-state index contributed by atoms with van der Waals surface area (Å²) in [5.41, 5.74) is 3.27. The summed E-state index contributed by atoms with van der Waals surface area (Å²) in [4.78, 5) is 11.8. The first-order valence-corrected chi connectivity index (χ1v) is 8.49. The van der Waals surface area contributed by atoms with Crippen molar-refractivity contribution in [2.45, 2.75) is 52.7 Å². The summed E-state index contributed by atoms with van der Waals surface area (Å²) in [5, 5.41) is 10.6. The molecule has 2 heterocycles. The van der Waals surface area contributed by atoms with Crippen LogP contribution in [-0.2, 0) is 13.0 Å². The number of unbranched alkanes of at least 4 members (excludes halogenated alkanes) is 1. The minimum absolute atomic E-state index is 0.0813. The lowest BCUT2D eigenvalue weighted by molar-refractivity contribution is 0.0698. The van der Waals surface area contributed by atoms with Gasteiger partial charge in [0.1, 0.15) is 11.9 Å². The Morgan fingerprint density at radius 2 is 2.27 bits per heavy atom. The fourth-order valence-electron chi connectivity index (χ4n) is 3.38. The van der Waals surface area contributed by atoms with Crippen molar-refractivity contribution < 1.29 is 14.6 Å². The predicted molar refractivity (Wildman–Crippen MR) is 90.0 cm³/mol. The van der Waals surface area contributed by atoms with Gasteiger partial charge in [-0.25, -0.2) is 4.79 Å². The molecule has 1 aromatic heterocycles. The third-order valence-electron chi connectivity index (χ3n) is 4.38. The number of aromatic nitrogens is 1. The molecule has 1 aliphatic heterocycles. The number of carboxylic acids is 1. The zero-order chi connectivity index (χ0) is 16.0. The molecule has 4 nitrogen and oxygen atoms in total. The minimum atomic E-state index is -0.859. The van der Waals surface area contributed by atoms with Crippen LogP contribution in [0.2, 0.25) is 0 Å². The van der Waals surface area contributed by atoms with Crippen LogP contribution in [0.25, 0.3) is 10.9 Å². The van der Waals surface area contributed by atoms with E-state index in [1.165, 1.54) is 0 Å². The highest BCUT2D eigenvalue weighted by atomic mass is 79.9. The monoisotopic (exact) mass is 365 g/mol. The molecule has 3 rings (SSSR count). The highest BCUT2D eigenvalue weighted by Gasteiger charge is 2.30. The van der Waals surface area contributed by atoms with Gasteiger partial charge in [0.25, 0.3) is 0 Å². The van der Waals surface area contributed by atoms with Gasteiger partial charge in [-0.2, -0.15) is 0 Å². The number of hydrogen-bond acceptors (Lipinski definition) is 2. The molecule has 0 saturated heterocycles. The van der Waals surface area contributed by atoms with E-state index in [1.54, 1.807) is 0 Å². The summed E-state index contributed by atoms with van der Waals surface area (Å²) >= 11 is 3.58. The van der Waals surface area contributed by atoms with Crippen LogP contribution in [0.5, 0.6) is 5.75 Å². The molecule has 0 bridgehead atoms. The number of benzene rings is 1. The molecule has 1 aliphatic rings. The lowest BCUT2D eigenvalue weighted by atomic mass is 10.0. The Bertz CT molecular complexity index is 763. The molecule has 0 spiro atoms. The van der Waals surface area contributed by atoms with E-state index >= 15 is 0 Å². The van der Waals surface area contributed by atoms with Crippen molar-refractivity contribution in [2.75, 3.05) is 0 Å². The third-order valence-corrected chi connectivity index (χ3v) is 4.97. The number of nitrogens with zero attached hydrogens (tertiary/aromatic N) is 1. The average Bonchev–Trinajstić information content (AvgIpc) is 2.95. The summed E-state index contributed by atoms with van der Waals surface area (Å²) in [6.07, 6.45) is 2.94. The van der Waals surface area contributed by atoms with Crippen LogP contribution < -0.4 is 4.74 Å². The number of hydrogen-bond donors (Lipinski definition) is 1. The maximum atomic E-state index is 11.8. The van der Waals surface area contributed by atoms with E-state index in [1.807, 2.05) is 19.9 Å². The van der Waals surface area contributed by atoms with Crippen molar-refractivity contribution in [3.05, 3.63) is 27.4 Å². The highest BCUT2D eigenvalue weighted by molar-refractivity contribution is 9.10. The molecular formula is C17H20BrNO3. The van der Waals surface area contributed by atoms with Crippen LogP contribution >= 0.6 is 15.9 Å². The van der Waals surface area contributed by atoms with Gasteiger partial charge in [0.05, 0.1) is 15.6 Å². The number of aryl methyl sites for hydroxylation is 1. The summed E-state index contributed by atoms with van der Waals surface area (Å²) in [7, 11) is 0. The number of fused-ring (bicyclic) bond motifs is 3. The summed E-state index contributed by atoms with van der Waals surface area (Å²) < 4.78 is 8.91. The quantitative estimate of drug-likeness (QED) is 0.865. The van der Waals surface area contributed by atoms with Crippen LogP contribution in [-0.4, -0.2) is 21.7 Å². The lowest BCUT2D eigenvalue weighted by Crippen LogP contribution is -2.06. The molecule has 2 aromatic rings. The number of ether oxygens (including phenoxy) is 1. The molecule has 0 saturated carbocycles. The van der Waals surface area contributed by atoms with Gasteiger partial charge in [0.2, 0.25) is 0 Å². The Hall–Kier alpha value is -1.49. The Morgan fingerprint density at radius 1 is 1.55 bits per heavy atom. The maximum absolute atomic E-state index is 11.8. The van der Waals surface area contributed by atoms with Crippen molar-refractivity contribution >= 4 is 32.8 Å². The zero-order valence-corrected chi connectivity index (χ0v) is 14.7. The topological polar surface area (TPSA) is 51.5 Å². The third kappa shape index (κ3) is 2.22. The maximum Gasteiger partial charge on any atom is 0.338 e. The van der Waals surface area contributed by atoms with Crippen molar-refractivity contribution in [1.82, 2.24) is 4.57 Å². The van der Waals surface area contributed by atoms with Crippen molar-refractivity contribution in [2.24, 2.45) is 0 Å². The number of aromatic carboxylic acids is 1. The van der Waals surface area contributed by atoms with Crippen LogP contribution in [0.4, 0.5) is 0 Å². The van der Waals surface area contributed by atoms with E-state index in [0.717, 1.165) is 58.2 Å². The second-order valence-electron chi connectivity index (χ2n) is 5.96. The van der Waals surface area contributed by atoms with Gasteiger partial charge in [-0.15, -0.1) is 0 Å². The number of carbonyl (C=O) groups is 1. The Morgan fingerprint density at radius 3 is 2.91 bits per heavy atom. The smallest absolute Gasteiger partial charge is 0.338 e. The lowest BCUT2D eigenvalue weighted by Gasteiger charge is -2.09. The molecule has 1 atom stereocenters. The Kier molecular flexibility index (Phi) is 3.93. The molecule has 1 N–H and O–H groups in total. The SMILES string of the molecule is CCCCn1c(C)c(C(=O)O)c2c3c(c(Br)cc21)OC(C)C3. The molecule has 0 radical (unpaired) electrons. The summed E-state index contributed by atoms with van der Waals surface area (Å²) in [6, 6.07) is 2.00. The van der Waals surface area contributed by atoms with Gasteiger partial charge in [-0.05, 0) is 42.3 Å². The molecule has 118 valence electrons. The fourth-order valence-corrected chi connectivity index (χ4v) is 3.93. The van der Waals surface area contributed by atoms with Crippen LogP contribution in [0, 0.1) is 6.92 Å². The van der Waals surface area contributed by atoms with Gasteiger partial charge in [0.15, 0.2) is 0 Å². The molecule has 1 unspecified atom stereocenters. The van der Waals surface area contributed by atoms with Crippen LogP contribution in [0.1, 0.15) is 48.3 Å². The molecule has 0 aliphatic carbocycles. The second-order valence-corrected chi connectivity index (χ2v) is 6.82.